The lowest BCUT2D eigenvalue weighted by atomic mass is 9.59. The molecule has 4 aliphatic rings. The van der Waals surface area contributed by atoms with Crippen molar-refractivity contribution in [2.75, 3.05) is 0 Å². The highest BCUT2D eigenvalue weighted by atomic mass is 35.5. The number of benzene rings is 2. The molecule has 0 aromatic heterocycles. The zero-order valence-corrected chi connectivity index (χ0v) is 19.1. The van der Waals surface area contributed by atoms with Crippen molar-refractivity contribution in [3.63, 3.8) is 0 Å². The average Bonchev–Trinajstić information content (AvgIpc) is 2.92. The van der Waals surface area contributed by atoms with E-state index in [1.807, 2.05) is 25.1 Å². The molecule has 0 amide bonds. The number of hydrogen-bond acceptors (Lipinski definition) is 3. The van der Waals surface area contributed by atoms with Gasteiger partial charge in [-0.3, -0.25) is 4.79 Å². The number of aryl methyl sites for hydroxylation is 1. The molecule has 0 radical (unpaired) electrons. The van der Waals surface area contributed by atoms with Crippen molar-refractivity contribution >= 4 is 34.6 Å². The van der Waals surface area contributed by atoms with Crippen molar-refractivity contribution in [3.8, 4) is 11.5 Å². The van der Waals surface area contributed by atoms with Gasteiger partial charge >= 0.3 is 0 Å². The number of carbonyl (C=O) groups is 1. The number of rotatable bonds is 3. The van der Waals surface area contributed by atoms with Crippen LogP contribution in [0.5, 0.6) is 11.5 Å². The third-order valence-electron chi connectivity index (χ3n) is 7.59. The maximum atomic E-state index is 13.6. The molecule has 31 heavy (non-hydrogen) atoms. The lowest BCUT2D eigenvalue weighted by Gasteiger charge is -2.44. The highest BCUT2D eigenvalue weighted by molar-refractivity contribution is 6.35. The number of aliphatic hydroxyl groups excluding tert-OH is 1. The zero-order chi connectivity index (χ0) is 21.8. The van der Waals surface area contributed by atoms with Crippen molar-refractivity contribution in [1.82, 2.24) is 0 Å². The third kappa shape index (κ3) is 3.47. The van der Waals surface area contributed by atoms with Crippen molar-refractivity contribution in [3.05, 3.63) is 63.3 Å². The molecule has 0 saturated heterocycles. The fraction of sp³-hybridized carbons (Fsp3) is 0.423. The number of aliphatic hydroxyl groups is 1. The quantitative estimate of drug-likeness (QED) is 0.509. The highest BCUT2D eigenvalue weighted by Gasteiger charge is 2.56. The Morgan fingerprint density at radius 1 is 1.06 bits per heavy atom. The minimum absolute atomic E-state index is 0.0868. The number of fused-ring (bicyclic) bond motifs is 4. The molecule has 3 saturated carbocycles. The molecular formula is C26H26Cl2O3. The van der Waals surface area contributed by atoms with Gasteiger partial charge in [-0.15, -0.1) is 0 Å². The lowest BCUT2D eigenvalue weighted by molar-refractivity contribution is -0.122. The van der Waals surface area contributed by atoms with Gasteiger partial charge in [0.05, 0.1) is 10.6 Å². The first kappa shape index (κ1) is 20.9. The SMILES string of the molecule is Cc1ccc(Oc2ccc(Cl)cc2Cl)cc1C1=C(O)C23CCCCC(CC2)CC3C1=O. The van der Waals surface area contributed by atoms with E-state index in [0.717, 1.165) is 43.2 Å². The molecule has 2 aromatic rings. The topological polar surface area (TPSA) is 46.5 Å². The fourth-order valence-electron chi connectivity index (χ4n) is 5.93. The molecule has 1 spiro atoms. The summed E-state index contributed by atoms with van der Waals surface area (Å²) in [5.74, 6) is 2.01. The van der Waals surface area contributed by atoms with Crippen LogP contribution in [0.15, 0.2) is 42.2 Å². The lowest BCUT2D eigenvalue weighted by Crippen LogP contribution is -2.39. The van der Waals surface area contributed by atoms with Crippen LogP contribution in [0.2, 0.25) is 10.0 Å². The standard InChI is InChI=1S/C26H26Cl2O3/c1-15-5-7-18(31-22-8-6-17(27)13-21(22)28)14-19(15)23-24(29)20-12-16-4-2-3-10-26(20,11-9-16)25(23)30/h5-8,13-14,16,20,30H,2-4,9-12H2,1H3. The number of carbonyl (C=O) groups excluding carboxylic acids is 1. The van der Waals surface area contributed by atoms with Gasteiger partial charge in [-0.05, 0) is 80.0 Å². The van der Waals surface area contributed by atoms with Gasteiger partial charge in [0.1, 0.15) is 17.3 Å². The van der Waals surface area contributed by atoms with Gasteiger partial charge in [-0.1, -0.05) is 48.5 Å². The number of allylic oxidation sites excluding steroid dienone is 2. The van der Waals surface area contributed by atoms with Crippen molar-refractivity contribution in [1.29, 1.82) is 0 Å². The molecule has 6 rings (SSSR count). The zero-order valence-electron chi connectivity index (χ0n) is 17.6. The van der Waals surface area contributed by atoms with E-state index in [-0.39, 0.29) is 17.1 Å². The van der Waals surface area contributed by atoms with Gasteiger partial charge in [0, 0.05) is 16.4 Å². The molecule has 1 N–H and O–H groups in total. The van der Waals surface area contributed by atoms with Crippen molar-refractivity contribution in [2.24, 2.45) is 17.3 Å². The second-order valence-electron chi connectivity index (χ2n) is 9.34. The van der Waals surface area contributed by atoms with Crippen molar-refractivity contribution in [2.45, 2.75) is 51.9 Å². The summed E-state index contributed by atoms with van der Waals surface area (Å²) >= 11 is 12.3. The van der Waals surface area contributed by atoms with E-state index in [1.165, 1.54) is 12.8 Å². The fourth-order valence-corrected chi connectivity index (χ4v) is 6.37. The predicted molar refractivity (Wildman–Crippen MR) is 124 cm³/mol. The van der Waals surface area contributed by atoms with Crippen LogP contribution in [0.1, 0.15) is 56.1 Å². The van der Waals surface area contributed by atoms with Crippen LogP contribution in [0.25, 0.3) is 5.57 Å². The van der Waals surface area contributed by atoms with Gasteiger partial charge < -0.3 is 9.84 Å². The van der Waals surface area contributed by atoms with Gasteiger partial charge in [-0.25, -0.2) is 0 Å². The number of halogens is 2. The van der Waals surface area contributed by atoms with Crippen LogP contribution in [0.4, 0.5) is 0 Å². The summed E-state index contributed by atoms with van der Waals surface area (Å²) in [5.41, 5.74) is 1.84. The summed E-state index contributed by atoms with van der Waals surface area (Å²) < 4.78 is 6.00. The summed E-state index contributed by atoms with van der Waals surface area (Å²) in [5, 5.41) is 12.4. The first-order chi connectivity index (χ1) is 14.9. The Labute approximate surface area is 193 Å². The number of Topliss-reactive ketones (excluding diaryl/α,β-unsaturated/α-hetero) is 1. The summed E-state index contributed by atoms with van der Waals surface area (Å²) in [6.45, 7) is 1.97. The Kier molecular flexibility index (Phi) is 5.30. The van der Waals surface area contributed by atoms with E-state index < -0.39 is 0 Å². The summed E-state index contributed by atoms with van der Waals surface area (Å²) in [4.78, 5) is 13.6. The normalized spacial score (nSPS) is 27.8. The van der Waals surface area contributed by atoms with Gasteiger partial charge in [0.25, 0.3) is 0 Å². The van der Waals surface area contributed by atoms with Gasteiger partial charge in [-0.2, -0.15) is 0 Å². The minimum atomic E-state index is -0.369. The maximum Gasteiger partial charge on any atom is 0.170 e. The third-order valence-corrected chi connectivity index (χ3v) is 8.12. The van der Waals surface area contributed by atoms with E-state index in [1.54, 1.807) is 18.2 Å². The first-order valence-electron chi connectivity index (χ1n) is 11.1. The molecule has 0 aliphatic heterocycles. The molecule has 2 bridgehead atoms. The van der Waals surface area contributed by atoms with Crippen LogP contribution < -0.4 is 4.74 Å². The van der Waals surface area contributed by atoms with E-state index in [0.29, 0.717) is 38.8 Å². The van der Waals surface area contributed by atoms with Crippen molar-refractivity contribution < 1.29 is 14.6 Å². The molecule has 3 unspecified atom stereocenters. The Morgan fingerprint density at radius 2 is 1.90 bits per heavy atom. The van der Waals surface area contributed by atoms with E-state index in [9.17, 15) is 9.90 Å². The second-order valence-corrected chi connectivity index (χ2v) is 10.2. The van der Waals surface area contributed by atoms with Crippen LogP contribution >= 0.6 is 23.2 Å². The molecule has 4 aliphatic carbocycles. The Balaban J connectivity index is 1.55. The monoisotopic (exact) mass is 456 g/mol. The predicted octanol–water partition coefficient (Wildman–Crippen LogP) is 7.92. The molecular weight excluding hydrogens is 431 g/mol. The smallest absolute Gasteiger partial charge is 0.170 e. The molecule has 3 nitrogen and oxygen atoms in total. The molecule has 3 fully saturated rings. The summed E-state index contributed by atoms with van der Waals surface area (Å²) in [6.07, 6.45) is 7.32. The molecule has 162 valence electrons. The molecule has 3 atom stereocenters. The second kappa shape index (κ2) is 7.86. The van der Waals surface area contributed by atoms with Gasteiger partial charge in [0.15, 0.2) is 5.78 Å². The number of hydrogen-bond donors (Lipinski definition) is 1. The summed E-state index contributed by atoms with van der Waals surface area (Å²) in [6, 6.07) is 10.7. The Hall–Kier alpha value is -1.97. The van der Waals surface area contributed by atoms with Crippen LogP contribution in [-0.4, -0.2) is 10.9 Å². The Bertz CT molecular complexity index is 1090. The molecule has 0 heterocycles. The van der Waals surface area contributed by atoms with E-state index in [4.69, 9.17) is 27.9 Å². The minimum Gasteiger partial charge on any atom is -0.511 e. The first-order valence-corrected chi connectivity index (χ1v) is 11.9. The number of ether oxygens (including phenoxy) is 1. The van der Waals surface area contributed by atoms with Crippen LogP contribution in [0, 0.1) is 24.2 Å². The maximum absolute atomic E-state index is 13.6. The summed E-state index contributed by atoms with van der Waals surface area (Å²) in [7, 11) is 0. The van der Waals surface area contributed by atoms with E-state index in [2.05, 4.69) is 0 Å². The average molecular weight is 457 g/mol. The van der Waals surface area contributed by atoms with Crippen LogP contribution in [0.3, 0.4) is 0 Å². The molecule has 5 heteroatoms. The highest BCUT2D eigenvalue weighted by Crippen LogP contribution is 2.60. The largest absolute Gasteiger partial charge is 0.511 e. The number of ketones is 1. The van der Waals surface area contributed by atoms with Crippen LogP contribution in [-0.2, 0) is 4.79 Å². The Morgan fingerprint density at radius 3 is 2.71 bits per heavy atom. The van der Waals surface area contributed by atoms with Gasteiger partial charge in [0.2, 0.25) is 0 Å². The molecule has 2 aromatic carbocycles. The van der Waals surface area contributed by atoms with E-state index >= 15 is 0 Å².